The Hall–Kier alpha value is -2.82. The van der Waals surface area contributed by atoms with Gasteiger partial charge in [-0.05, 0) is 44.7 Å². The van der Waals surface area contributed by atoms with E-state index in [1.54, 1.807) is 4.90 Å². The van der Waals surface area contributed by atoms with Crippen LogP contribution in [0.4, 0.5) is 4.79 Å². The summed E-state index contributed by atoms with van der Waals surface area (Å²) in [5.41, 5.74) is 3.98. The highest BCUT2D eigenvalue weighted by Gasteiger charge is 2.39. The van der Waals surface area contributed by atoms with Crippen LogP contribution in [-0.2, 0) is 17.9 Å². The minimum atomic E-state index is -0.565. The summed E-state index contributed by atoms with van der Waals surface area (Å²) in [5.74, 6) is 0.00843. The molecule has 2 aromatic rings. The number of aryl methyl sites for hydroxylation is 2. The van der Waals surface area contributed by atoms with E-state index in [2.05, 4.69) is 10.6 Å². The number of hydrogen-bond donors (Lipinski definition) is 2. The van der Waals surface area contributed by atoms with E-state index in [1.165, 1.54) is 11.1 Å². The summed E-state index contributed by atoms with van der Waals surface area (Å²) in [6, 6.07) is 16.2. The first-order valence-corrected chi connectivity index (χ1v) is 10.3. The molecule has 3 rings (SSSR count). The van der Waals surface area contributed by atoms with Crippen molar-refractivity contribution in [3.63, 3.8) is 0 Å². The van der Waals surface area contributed by atoms with Crippen LogP contribution < -0.4 is 10.6 Å². The molecule has 1 saturated heterocycles. The van der Waals surface area contributed by atoms with Crippen molar-refractivity contribution in [2.24, 2.45) is 5.41 Å². The second-order valence-corrected chi connectivity index (χ2v) is 8.40. The summed E-state index contributed by atoms with van der Waals surface area (Å²) in [4.78, 5) is 27.3. The lowest BCUT2D eigenvalue weighted by Crippen LogP contribution is -2.53. The number of rotatable bonds is 5. The average molecular weight is 394 g/mol. The van der Waals surface area contributed by atoms with E-state index in [1.807, 2.05) is 69.3 Å². The number of carbonyl (C=O) groups excluding carboxylic acids is 2. The molecule has 154 valence electrons. The Bertz CT molecular complexity index is 845. The molecule has 0 bridgehead atoms. The van der Waals surface area contributed by atoms with Crippen molar-refractivity contribution in [1.82, 2.24) is 15.5 Å². The standard InChI is InChI=1S/C24H31N3O2/c1-18-5-9-20(10-6-18)15-25-22(28)24(3)13-4-14-27(17-24)23(29)26-16-21-11-7-19(2)8-12-21/h5-12H,4,13-17H2,1-3H3,(H,25,28)(H,26,29)/t24-/m1/s1. The molecule has 0 aromatic heterocycles. The third-order valence-electron chi connectivity index (χ3n) is 5.67. The number of benzene rings is 2. The minimum absolute atomic E-state index is 0.00843. The molecule has 1 fully saturated rings. The molecule has 5 nitrogen and oxygen atoms in total. The molecular weight excluding hydrogens is 362 g/mol. The van der Waals surface area contributed by atoms with Gasteiger partial charge in [0.2, 0.25) is 5.91 Å². The van der Waals surface area contributed by atoms with Gasteiger partial charge in [0.1, 0.15) is 0 Å². The second kappa shape index (κ2) is 9.12. The fourth-order valence-electron chi connectivity index (χ4n) is 3.70. The zero-order valence-electron chi connectivity index (χ0n) is 17.6. The van der Waals surface area contributed by atoms with Gasteiger partial charge in [0.15, 0.2) is 0 Å². The monoisotopic (exact) mass is 393 g/mol. The van der Waals surface area contributed by atoms with Crippen LogP contribution in [0.2, 0.25) is 0 Å². The molecule has 2 N–H and O–H groups in total. The number of hydrogen-bond acceptors (Lipinski definition) is 2. The summed E-state index contributed by atoms with van der Waals surface area (Å²) >= 11 is 0. The van der Waals surface area contributed by atoms with Crippen molar-refractivity contribution >= 4 is 11.9 Å². The third kappa shape index (κ3) is 5.59. The van der Waals surface area contributed by atoms with Crippen LogP contribution >= 0.6 is 0 Å². The maximum absolute atomic E-state index is 12.9. The molecule has 3 amide bonds. The summed E-state index contributed by atoms with van der Waals surface area (Å²) in [6.45, 7) is 8.16. The lowest BCUT2D eigenvalue weighted by Gasteiger charge is -2.39. The van der Waals surface area contributed by atoms with Crippen molar-refractivity contribution in [2.75, 3.05) is 13.1 Å². The number of carbonyl (C=O) groups is 2. The Balaban J connectivity index is 1.53. The molecule has 2 aromatic carbocycles. The van der Waals surface area contributed by atoms with Gasteiger partial charge in [-0.2, -0.15) is 0 Å². The van der Waals surface area contributed by atoms with Gasteiger partial charge in [0.25, 0.3) is 0 Å². The van der Waals surface area contributed by atoms with Crippen LogP contribution in [0.3, 0.4) is 0 Å². The van der Waals surface area contributed by atoms with E-state index in [-0.39, 0.29) is 11.9 Å². The van der Waals surface area contributed by atoms with Gasteiger partial charge in [-0.3, -0.25) is 4.79 Å². The average Bonchev–Trinajstić information content (AvgIpc) is 2.72. The van der Waals surface area contributed by atoms with Crippen molar-refractivity contribution < 1.29 is 9.59 Å². The highest BCUT2D eigenvalue weighted by atomic mass is 16.2. The number of likely N-dealkylation sites (tertiary alicyclic amines) is 1. The van der Waals surface area contributed by atoms with Crippen molar-refractivity contribution in [3.8, 4) is 0 Å². The lowest BCUT2D eigenvalue weighted by molar-refractivity contribution is -0.132. The fourth-order valence-corrected chi connectivity index (χ4v) is 3.70. The summed E-state index contributed by atoms with van der Waals surface area (Å²) in [7, 11) is 0. The van der Waals surface area contributed by atoms with E-state index in [0.717, 1.165) is 24.0 Å². The normalized spacial score (nSPS) is 18.9. The number of amides is 3. The smallest absolute Gasteiger partial charge is 0.317 e. The maximum atomic E-state index is 12.9. The van der Waals surface area contributed by atoms with Crippen LogP contribution in [0, 0.1) is 19.3 Å². The molecular formula is C24H31N3O2. The lowest BCUT2D eigenvalue weighted by atomic mass is 9.81. The Labute approximate surface area is 173 Å². The van der Waals surface area contributed by atoms with Gasteiger partial charge in [0, 0.05) is 26.2 Å². The summed E-state index contributed by atoms with van der Waals surface area (Å²) < 4.78 is 0. The van der Waals surface area contributed by atoms with Crippen LogP contribution in [0.1, 0.15) is 42.0 Å². The Morgan fingerprint density at radius 3 is 1.97 bits per heavy atom. The molecule has 0 spiro atoms. The zero-order valence-corrected chi connectivity index (χ0v) is 17.6. The molecule has 1 atom stereocenters. The zero-order chi connectivity index (χ0) is 20.9. The van der Waals surface area contributed by atoms with E-state index in [0.29, 0.717) is 26.2 Å². The molecule has 0 aliphatic carbocycles. The topological polar surface area (TPSA) is 61.4 Å². The predicted molar refractivity (Wildman–Crippen MR) is 115 cm³/mol. The number of urea groups is 1. The molecule has 0 saturated carbocycles. The second-order valence-electron chi connectivity index (χ2n) is 8.40. The largest absolute Gasteiger partial charge is 0.351 e. The molecule has 0 unspecified atom stereocenters. The highest BCUT2D eigenvalue weighted by molar-refractivity contribution is 5.84. The van der Waals surface area contributed by atoms with Crippen LogP contribution in [0.15, 0.2) is 48.5 Å². The Kier molecular flexibility index (Phi) is 6.57. The first-order chi connectivity index (χ1) is 13.9. The van der Waals surface area contributed by atoms with E-state index >= 15 is 0 Å². The molecule has 0 radical (unpaired) electrons. The summed E-state index contributed by atoms with van der Waals surface area (Å²) in [6.07, 6.45) is 1.61. The molecule has 1 aliphatic heterocycles. The molecule has 5 heteroatoms. The van der Waals surface area contributed by atoms with Gasteiger partial charge >= 0.3 is 6.03 Å². The maximum Gasteiger partial charge on any atom is 0.317 e. The van der Waals surface area contributed by atoms with Crippen LogP contribution in [-0.4, -0.2) is 29.9 Å². The Morgan fingerprint density at radius 1 is 0.897 bits per heavy atom. The van der Waals surface area contributed by atoms with Gasteiger partial charge in [-0.15, -0.1) is 0 Å². The first kappa shape index (κ1) is 20.9. The van der Waals surface area contributed by atoms with Gasteiger partial charge in [-0.25, -0.2) is 4.79 Å². The molecule has 1 heterocycles. The van der Waals surface area contributed by atoms with Crippen molar-refractivity contribution in [3.05, 3.63) is 70.8 Å². The fraction of sp³-hybridized carbons (Fsp3) is 0.417. The Morgan fingerprint density at radius 2 is 1.41 bits per heavy atom. The van der Waals surface area contributed by atoms with E-state index < -0.39 is 5.41 Å². The van der Waals surface area contributed by atoms with E-state index in [4.69, 9.17) is 0 Å². The predicted octanol–water partition coefficient (Wildman–Crippen LogP) is 3.93. The quantitative estimate of drug-likeness (QED) is 0.808. The van der Waals surface area contributed by atoms with Crippen molar-refractivity contribution in [2.45, 2.75) is 46.7 Å². The number of nitrogens with zero attached hydrogens (tertiary/aromatic N) is 1. The van der Waals surface area contributed by atoms with Gasteiger partial charge < -0.3 is 15.5 Å². The van der Waals surface area contributed by atoms with Gasteiger partial charge in [0.05, 0.1) is 5.41 Å². The molecule has 1 aliphatic rings. The first-order valence-electron chi connectivity index (χ1n) is 10.3. The minimum Gasteiger partial charge on any atom is -0.351 e. The summed E-state index contributed by atoms with van der Waals surface area (Å²) in [5, 5.41) is 6.04. The third-order valence-corrected chi connectivity index (χ3v) is 5.67. The van der Waals surface area contributed by atoms with Crippen molar-refractivity contribution in [1.29, 1.82) is 0 Å². The number of nitrogens with one attached hydrogen (secondary N) is 2. The van der Waals surface area contributed by atoms with Crippen LogP contribution in [0.25, 0.3) is 0 Å². The molecule has 29 heavy (non-hydrogen) atoms. The SMILES string of the molecule is Cc1ccc(CNC(=O)N2CCC[C@@](C)(C(=O)NCc3ccc(C)cc3)C2)cc1. The highest BCUT2D eigenvalue weighted by Crippen LogP contribution is 2.30. The van der Waals surface area contributed by atoms with Crippen LogP contribution in [0.5, 0.6) is 0 Å². The number of piperidine rings is 1. The van der Waals surface area contributed by atoms with Gasteiger partial charge in [-0.1, -0.05) is 59.7 Å². The van der Waals surface area contributed by atoms with E-state index in [9.17, 15) is 9.59 Å².